The lowest BCUT2D eigenvalue weighted by atomic mass is 10.1. The van der Waals surface area contributed by atoms with E-state index in [0.717, 1.165) is 22.4 Å². The smallest absolute Gasteiger partial charge is 0.125 e. The number of ether oxygens (including phenoxy) is 1. The van der Waals surface area contributed by atoms with Crippen LogP contribution >= 0.6 is 15.9 Å². The third-order valence-electron chi connectivity index (χ3n) is 2.04. The Labute approximate surface area is 99.9 Å². The second-order valence-corrected chi connectivity index (χ2v) is 5.09. The van der Waals surface area contributed by atoms with E-state index in [1.54, 1.807) is 0 Å². The molecule has 2 N–H and O–H groups in total. The Morgan fingerprint density at radius 3 is 2.53 bits per heavy atom. The molecule has 0 fully saturated rings. The normalized spacial score (nSPS) is 12.9. The quantitative estimate of drug-likeness (QED) is 0.910. The summed E-state index contributed by atoms with van der Waals surface area (Å²) in [4.78, 5) is 0. The van der Waals surface area contributed by atoms with Crippen LogP contribution in [0.3, 0.4) is 0 Å². The Bertz CT molecular complexity index is 323. The van der Waals surface area contributed by atoms with Crippen LogP contribution in [0.15, 0.2) is 22.7 Å². The molecule has 1 aromatic rings. The van der Waals surface area contributed by atoms with Crippen LogP contribution in [0, 0.1) is 5.92 Å². The van der Waals surface area contributed by atoms with Crippen molar-refractivity contribution in [3.8, 4) is 5.75 Å². The predicted octanol–water partition coefficient (Wildman–Crippen LogP) is 3.50. The van der Waals surface area contributed by atoms with Gasteiger partial charge in [0.05, 0.1) is 6.61 Å². The first-order valence-electron chi connectivity index (χ1n) is 5.18. The predicted molar refractivity (Wildman–Crippen MR) is 67.1 cm³/mol. The minimum atomic E-state index is 0.000243. The Kier molecular flexibility index (Phi) is 4.61. The maximum Gasteiger partial charge on any atom is 0.125 e. The molecular weight excluding hydrogens is 254 g/mol. The molecule has 15 heavy (non-hydrogen) atoms. The Hall–Kier alpha value is -0.540. The molecule has 0 aliphatic rings. The van der Waals surface area contributed by atoms with Crippen LogP contribution in [0.2, 0.25) is 0 Å². The highest BCUT2D eigenvalue weighted by molar-refractivity contribution is 9.10. The van der Waals surface area contributed by atoms with E-state index in [4.69, 9.17) is 10.5 Å². The van der Waals surface area contributed by atoms with Gasteiger partial charge in [-0.1, -0.05) is 35.8 Å². The first kappa shape index (κ1) is 12.5. The van der Waals surface area contributed by atoms with Gasteiger partial charge in [-0.25, -0.2) is 0 Å². The summed E-state index contributed by atoms with van der Waals surface area (Å²) in [5.74, 6) is 1.40. The second-order valence-electron chi connectivity index (χ2n) is 4.18. The van der Waals surface area contributed by atoms with E-state index in [-0.39, 0.29) is 6.04 Å². The molecule has 0 heterocycles. The SMILES string of the molecule is CC(C)COc1cc(Br)ccc1[C@@H](C)N. The summed E-state index contributed by atoms with van der Waals surface area (Å²) in [7, 11) is 0. The van der Waals surface area contributed by atoms with Gasteiger partial charge in [0.1, 0.15) is 5.75 Å². The van der Waals surface area contributed by atoms with Crippen molar-refractivity contribution in [1.82, 2.24) is 0 Å². The van der Waals surface area contributed by atoms with Crippen LogP contribution in [-0.2, 0) is 0 Å². The Balaban J connectivity index is 2.87. The maximum absolute atomic E-state index is 5.88. The summed E-state index contributed by atoms with van der Waals surface area (Å²) < 4.78 is 6.75. The van der Waals surface area contributed by atoms with Crippen molar-refractivity contribution in [3.05, 3.63) is 28.2 Å². The largest absolute Gasteiger partial charge is 0.493 e. The zero-order valence-corrected chi connectivity index (χ0v) is 11.0. The summed E-state index contributed by atoms with van der Waals surface area (Å²) >= 11 is 3.43. The van der Waals surface area contributed by atoms with Crippen molar-refractivity contribution in [3.63, 3.8) is 0 Å². The molecular formula is C12H18BrNO. The minimum Gasteiger partial charge on any atom is -0.493 e. The number of nitrogens with two attached hydrogens (primary N) is 1. The standard InChI is InChI=1S/C12H18BrNO/c1-8(2)7-15-12-6-10(13)4-5-11(12)9(3)14/h4-6,8-9H,7,14H2,1-3H3/t9-/m1/s1. The van der Waals surface area contributed by atoms with Gasteiger partial charge in [0.2, 0.25) is 0 Å². The minimum absolute atomic E-state index is 0.000243. The van der Waals surface area contributed by atoms with E-state index in [0.29, 0.717) is 5.92 Å². The maximum atomic E-state index is 5.88. The molecule has 1 rings (SSSR count). The van der Waals surface area contributed by atoms with Crippen LogP contribution in [0.4, 0.5) is 0 Å². The van der Waals surface area contributed by atoms with Crippen molar-refractivity contribution in [2.45, 2.75) is 26.8 Å². The molecule has 0 spiro atoms. The fourth-order valence-electron chi connectivity index (χ4n) is 1.27. The number of hydrogen-bond donors (Lipinski definition) is 1. The van der Waals surface area contributed by atoms with Gasteiger partial charge >= 0.3 is 0 Å². The van der Waals surface area contributed by atoms with E-state index in [9.17, 15) is 0 Å². The highest BCUT2D eigenvalue weighted by Gasteiger charge is 2.09. The molecule has 3 heteroatoms. The molecule has 0 radical (unpaired) electrons. The topological polar surface area (TPSA) is 35.2 Å². The number of halogens is 1. The summed E-state index contributed by atoms with van der Waals surface area (Å²) in [6, 6.07) is 5.96. The lowest BCUT2D eigenvalue weighted by Gasteiger charge is -2.15. The molecule has 0 bridgehead atoms. The summed E-state index contributed by atoms with van der Waals surface area (Å²) in [6.45, 7) is 6.94. The molecule has 0 saturated heterocycles. The number of rotatable bonds is 4. The molecule has 0 unspecified atom stereocenters. The molecule has 0 aliphatic carbocycles. The van der Waals surface area contributed by atoms with E-state index < -0.39 is 0 Å². The molecule has 0 aromatic heterocycles. The van der Waals surface area contributed by atoms with Gasteiger partial charge in [-0.3, -0.25) is 0 Å². The number of benzene rings is 1. The van der Waals surface area contributed by atoms with Gasteiger partial charge in [-0.05, 0) is 25.0 Å². The van der Waals surface area contributed by atoms with Crippen molar-refractivity contribution in [2.75, 3.05) is 6.61 Å². The third-order valence-corrected chi connectivity index (χ3v) is 2.53. The monoisotopic (exact) mass is 271 g/mol. The van der Waals surface area contributed by atoms with Crippen LogP contribution < -0.4 is 10.5 Å². The molecule has 0 saturated carbocycles. The summed E-state index contributed by atoms with van der Waals surface area (Å²) in [5.41, 5.74) is 6.93. The molecule has 84 valence electrons. The van der Waals surface area contributed by atoms with Gasteiger partial charge in [0.25, 0.3) is 0 Å². The van der Waals surface area contributed by atoms with Crippen molar-refractivity contribution >= 4 is 15.9 Å². The van der Waals surface area contributed by atoms with Crippen LogP contribution in [0.1, 0.15) is 32.4 Å². The molecule has 0 amide bonds. The fraction of sp³-hybridized carbons (Fsp3) is 0.500. The van der Waals surface area contributed by atoms with E-state index in [1.165, 1.54) is 0 Å². The Morgan fingerprint density at radius 1 is 1.33 bits per heavy atom. The van der Waals surface area contributed by atoms with Crippen LogP contribution in [0.5, 0.6) is 5.75 Å². The fourth-order valence-corrected chi connectivity index (χ4v) is 1.61. The number of hydrogen-bond acceptors (Lipinski definition) is 2. The second kappa shape index (κ2) is 5.52. The molecule has 1 atom stereocenters. The zero-order valence-electron chi connectivity index (χ0n) is 9.46. The molecule has 0 aliphatic heterocycles. The zero-order chi connectivity index (χ0) is 11.4. The average Bonchev–Trinajstić information content (AvgIpc) is 2.14. The van der Waals surface area contributed by atoms with Crippen molar-refractivity contribution in [1.29, 1.82) is 0 Å². The first-order valence-corrected chi connectivity index (χ1v) is 5.98. The average molecular weight is 272 g/mol. The highest BCUT2D eigenvalue weighted by Crippen LogP contribution is 2.27. The van der Waals surface area contributed by atoms with Gasteiger partial charge in [0.15, 0.2) is 0 Å². The summed E-state index contributed by atoms with van der Waals surface area (Å²) in [6.07, 6.45) is 0. The van der Waals surface area contributed by atoms with Crippen molar-refractivity contribution in [2.24, 2.45) is 11.7 Å². The van der Waals surface area contributed by atoms with E-state index in [1.807, 2.05) is 25.1 Å². The summed E-state index contributed by atoms with van der Waals surface area (Å²) in [5, 5.41) is 0. The molecule has 2 nitrogen and oxygen atoms in total. The van der Waals surface area contributed by atoms with Crippen LogP contribution in [-0.4, -0.2) is 6.61 Å². The van der Waals surface area contributed by atoms with E-state index >= 15 is 0 Å². The van der Waals surface area contributed by atoms with Gasteiger partial charge in [0, 0.05) is 16.1 Å². The first-order chi connectivity index (χ1) is 7.00. The lowest BCUT2D eigenvalue weighted by molar-refractivity contribution is 0.267. The molecule has 1 aromatic carbocycles. The Morgan fingerprint density at radius 2 is 2.00 bits per heavy atom. The van der Waals surface area contributed by atoms with Crippen molar-refractivity contribution < 1.29 is 4.74 Å². The lowest BCUT2D eigenvalue weighted by Crippen LogP contribution is -2.10. The highest BCUT2D eigenvalue weighted by atomic mass is 79.9. The van der Waals surface area contributed by atoms with E-state index in [2.05, 4.69) is 29.8 Å². The van der Waals surface area contributed by atoms with Crippen LogP contribution in [0.25, 0.3) is 0 Å². The third kappa shape index (κ3) is 3.84. The van der Waals surface area contributed by atoms with Gasteiger partial charge in [-0.2, -0.15) is 0 Å². The van der Waals surface area contributed by atoms with Gasteiger partial charge < -0.3 is 10.5 Å². The van der Waals surface area contributed by atoms with Gasteiger partial charge in [-0.15, -0.1) is 0 Å².